The van der Waals surface area contributed by atoms with Crippen LogP contribution in [0.15, 0.2) is 24.3 Å². The van der Waals surface area contributed by atoms with Gasteiger partial charge in [0, 0.05) is 5.56 Å². The monoisotopic (exact) mass is 144 g/mol. The second-order valence-corrected chi connectivity index (χ2v) is 2.73. The summed E-state index contributed by atoms with van der Waals surface area (Å²) in [7, 11) is 0. The number of benzene rings is 1. The maximum absolute atomic E-state index is 11.1. The summed E-state index contributed by atoms with van der Waals surface area (Å²) in [5, 5.41) is 0. The van der Waals surface area contributed by atoms with E-state index >= 15 is 0 Å². The van der Waals surface area contributed by atoms with Crippen molar-refractivity contribution >= 4 is 11.9 Å². The molecule has 1 aliphatic carbocycles. The summed E-state index contributed by atoms with van der Waals surface area (Å²) in [6.07, 6.45) is 3.50. The summed E-state index contributed by atoms with van der Waals surface area (Å²) in [5.74, 6) is 0.128. The van der Waals surface area contributed by atoms with E-state index in [2.05, 4.69) is 0 Å². The van der Waals surface area contributed by atoms with E-state index in [9.17, 15) is 4.79 Å². The summed E-state index contributed by atoms with van der Waals surface area (Å²) in [6, 6.07) is 5.80. The van der Waals surface area contributed by atoms with Crippen LogP contribution in [0.25, 0.3) is 6.08 Å². The van der Waals surface area contributed by atoms with Gasteiger partial charge in [0.2, 0.25) is 0 Å². The molecule has 0 saturated carbocycles. The molecule has 0 atom stereocenters. The number of hydrogen-bond donors (Lipinski definition) is 0. The van der Waals surface area contributed by atoms with Gasteiger partial charge in [-0.2, -0.15) is 0 Å². The number of hydrogen-bond acceptors (Lipinski definition) is 1. The molecule has 0 amide bonds. The standard InChI is InChI=1S/C10H8O/c1-7-3-2-4-9-8(7)5-6-10(9)11/h2-6H,1H3. The maximum Gasteiger partial charge on any atom is 0.186 e. The zero-order chi connectivity index (χ0) is 7.84. The summed E-state index contributed by atoms with van der Waals surface area (Å²) in [6.45, 7) is 2.02. The van der Waals surface area contributed by atoms with E-state index in [1.165, 1.54) is 5.56 Å². The SMILES string of the molecule is Cc1cccc2c1C=CC2=O. The first kappa shape index (κ1) is 6.35. The van der Waals surface area contributed by atoms with E-state index in [4.69, 9.17) is 0 Å². The van der Waals surface area contributed by atoms with E-state index in [0.717, 1.165) is 11.1 Å². The molecule has 0 aliphatic heterocycles. The lowest BCUT2D eigenvalue weighted by molar-refractivity contribution is 0.105. The molecule has 1 heteroatoms. The van der Waals surface area contributed by atoms with Crippen LogP contribution in [0.3, 0.4) is 0 Å². The molecule has 1 nitrogen and oxygen atoms in total. The lowest BCUT2D eigenvalue weighted by Crippen LogP contribution is -1.91. The third-order valence-electron chi connectivity index (χ3n) is 1.99. The molecule has 1 aromatic carbocycles. The van der Waals surface area contributed by atoms with Crippen molar-refractivity contribution in [1.82, 2.24) is 0 Å². The molecule has 1 aromatic rings. The average molecular weight is 144 g/mol. The highest BCUT2D eigenvalue weighted by atomic mass is 16.1. The van der Waals surface area contributed by atoms with Gasteiger partial charge in [0.15, 0.2) is 5.78 Å². The fraction of sp³-hybridized carbons (Fsp3) is 0.100. The van der Waals surface area contributed by atoms with Crippen LogP contribution < -0.4 is 0 Å². The highest BCUT2D eigenvalue weighted by Gasteiger charge is 2.13. The summed E-state index contributed by atoms with van der Waals surface area (Å²) in [5.41, 5.74) is 3.09. The van der Waals surface area contributed by atoms with Crippen molar-refractivity contribution in [3.63, 3.8) is 0 Å². The molecule has 0 N–H and O–H groups in total. The first-order valence-electron chi connectivity index (χ1n) is 3.61. The molecule has 0 fully saturated rings. The van der Waals surface area contributed by atoms with E-state index in [0.29, 0.717) is 0 Å². The van der Waals surface area contributed by atoms with Gasteiger partial charge in [0.1, 0.15) is 0 Å². The minimum Gasteiger partial charge on any atom is -0.289 e. The molecule has 1 aliphatic rings. The van der Waals surface area contributed by atoms with E-state index in [1.807, 2.05) is 31.2 Å². The minimum atomic E-state index is 0.128. The number of carbonyl (C=O) groups excluding carboxylic acids is 1. The number of carbonyl (C=O) groups is 1. The third kappa shape index (κ3) is 0.811. The molecular weight excluding hydrogens is 136 g/mol. The Bertz CT molecular complexity index is 348. The number of fused-ring (bicyclic) bond motifs is 1. The van der Waals surface area contributed by atoms with Crippen molar-refractivity contribution in [2.45, 2.75) is 6.92 Å². The molecule has 0 spiro atoms. The van der Waals surface area contributed by atoms with Crippen LogP contribution in [0.5, 0.6) is 0 Å². The minimum absolute atomic E-state index is 0.128. The van der Waals surface area contributed by atoms with Crippen LogP contribution in [0.1, 0.15) is 21.5 Å². The Balaban J connectivity index is 2.74. The predicted octanol–water partition coefficient (Wildman–Crippen LogP) is 2.20. The van der Waals surface area contributed by atoms with Gasteiger partial charge in [-0.3, -0.25) is 4.79 Å². The average Bonchev–Trinajstić information content (AvgIpc) is 2.35. The van der Waals surface area contributed by atoms with Crippen molar-refractivity contribution < 1.29 is 4.79 Å². The van der Waals surface area contributed by atoms with E-state index < -0.39 is 0 Å². The first-order valence-corrected chi connectivity index (χ1v) is 3.61. The Morgan fingerprint density at radius 2 is 2.00 bits per heavy atom. The van der Waals surface area contributed by atoms with Crippen molar-refractivity contribution in [3.05, 3.63) is 41.0 Å². The van der Waals surface area contributed by atoms with Crippen LogP contribution in [-0.2, 0) is 0 Å². The fourth-order valence-electron chi connectivity index (χ4n) is 1.37. The van der Waals surface area contributed by atoms with Gasteiger partial charge in [-0.25, -0.2) is 0 Å². The lowest BCUT2D eigenvalue weighted by atomic mass is 10.0. The molecule has 0 unspecified atom stereocenters. The zero-order valence-electron chi connectivity index (χ0n) is 6.29. The number of ketones is 1. The van der Waals surface area contributed by atoms with Gasteiger partial charge in [-0.05, 0) is 24.1 Å². The molecule has 54 valence electrons. The van der Waals surface area contributed by atoms with Crippen LogP contribution >= 0.6 is 0 Å². The van der Waals surface area contributed by atoms with Gasteiger partial charge in [0.25, 0.3) is 0 Å². The van der Waals surface area contributed by atoms with E-state index in [1.54, 1.807) is 6.08 Å². The normalized spacial score (nSPS) is 13.7. The first-order chi connectivity index (χ1) is 5.29. The quantitative estimate of drug-likeness (QED) is 0.545. The van der Waals surface area contributed by atoms with Gasteiger partial charge in [0.05, 0.1) is 0 Å². The van der Waals surface area contributed by atoms with Gasteiger partial charge >= 0.3 is 0 Å². The third-order valence-corrected chi connectivity index (χ3v) is 1.99. The highest BCUT2D eigenvalue weighted by molar-refractivity contribution is 6.13. The van der Waals surface area contributed by atoms with Crippen molar-refractivity contribution in [3.8, 4) is 0 Å². The smallest absolute Gasteiger partial charge is 0.186 e. The van der Waals surface area contributed by atoms with Gasteiger partial charge in [-0.1, -0.05) is 24.3 Å². The fourth-order valence-corrected chi connectivity index (χ4v) is 1.37. The summed E-state index contributed by atoms with van der Waals surface area (Å²) >= 11 is 0. The van der Waals surface area contributed by atoms with Gasteiger partial charge in [-0.15, -0.1) is 0 Å². The van der Waals surface area contributed by atoms with Crippen LogP contribution in [-0.4, -0.2) is 5.78 Å². The van der Waals surface area contributed by atoms with E-state index in [-0.39, 0.29) is 5.78 Å². The van der Waals surface area contributed by atoms with Crippen LogP contribution in [0.4, 0.5) is 0 Å². The molecule has 2 rings (SSSR count). The molecule has 0 aromatic heterocycles. The lowest BCUT2D eigenvalue weighted by Gasteiger charge is -1.99. The molecule has 0 bridgehead atoms. The molecular formula is C10H8O. The number of aryl methyl sites for hydroxylation is 1. The number of allylic oxidation sites excluding steroid dienone is 1. The Kier molecular flexibility index (Phi) is 1.19. The Morgan fingerprint density at radius 1 is 1.18 bits per heavy atom. The Labute approximate surface area is 65.4 Å². The molecule has 11 heavy (non-hydrogen) atoms. The maximum atomic E-state index is 11.1. The van der Waals surface area contributed by atoms with Crippen LogP contribution in [0, 0.1) is 6.92 Å². The molecule has 0 radical (unpaired) electrons. The molecule has 0 heterocycles. The van der Waals surface area contributed by atoms with Gasteiger partial charge < -0.3 is 0 Å². The topological polar surface area (TPSA) is 17.1 Å². The largest absolute Gasteiger partial charge is 0.289 e. The predicted molar refractivity (Wildman–Crippen MR) is 44.5 cm³/mol. The highest BCUT2D eigenvalue weighted by Crippen LogP contribution is 2.21. The second-order valence-electron chi connectivity index (χ2n) is 2.73. The summed E-state index contributed by atoms with van der Waals surface area (Å²) < 4.78 is 0. The van der Waals surface area contributed by atoms with Crippen molar-refractivity contribution in [2.75, 3.05) is 0 Å². The Morgan fingerprint density at radius 3 is 2.73 bits per heavy atom. The second kappa shape index (κ2) is 2.06. The zero-order valence-corrected chi connectivity index (χ0v) is 6.29. The summed E-state index contributed by atoms with van der Waals surface area (Å²) in [4.78, 5) is 11.1. The molecule has 0 saturated heterocycles. The number of rotatable bonds is 0. The van der Waals surface area contributed by atoms with Crippen LogP contribution in [0.2, 0.25) is 0 Å². The van der Waals surface area contributed by atoms with Crippen molar-refractivity contribution in [2.24, 2.45) is 0 Å². The Hall–Kier alpha value is -1.37. The van der Waals surface area contributed by atoms with Crippen molar-refractivity contribution in [1.29, 1.82) is 0 Å².